The van der Waals surface area contributed by atoms with Crippen LogP contribution in [-0.2, 0) is 16.4 Å². The van der Waals surface area contributed by atoms with Crippen LogP contribution in [0.1, 0.15) is 5.01 Å². The lowest BCUT2D eigenvalue weighted by atomic mass is 10.3. The maximum atomic E-state index is 11.6. The second-order valence-corrected chi connectivity index (χ2v) is 6.28. The minimum atomic E-state index is -3.44. The topological polar surface area (TPSA) is 82.9 Å². The molecule has 1 aromatic heterocycles. The van der Waals surface area contributed by atoms with Crippen molar-refractivity contribution in [3.8, 4) is 6.07 Å². The molecule has 0 amide bonds. The smallest absolute Gasteiger partial charge is 0.240 e. The highest BCUT2D eigenvalue weighted by Crippen LogP contribution is 2.24. The number of nitriles is 1. The second kappa shape index (κ2) is 4.41. The summed E-state index contributed by atoms with van der Waals surface area (Å²) in [6.07, 6.45) is 0.244. The number of aromatic nitrogens is 1. The molecule has 0 bridgehead atoms. The molecule has 88 valence electrons. The first-order chi connectivity index (χ1) is 8.06. The molecule has 0 fully saturated rings. The van der Waals surface area contributed by atoms with Crippen molar-refractivity contribution in [1.29, 1.82) is 5.26 Å². The van der Waals surface area contributed by atoms with Crippen LogP contribution in [0.2, 0.25) is 0 Å². The van der Waals surface area contributed by atoms with Crippen LogP contribution in [0, 0.1) is 11.3 Å². The van der Waals surface area contributed by atoms with E-state index in [0.717, 1.165) is 4.70 Å². The van der Waals surface area contributed by atoms with Gasteiger partial charge in [-0.2, -0.15) is 5.26 Å². The van der Waals surface area contributed by atoms with Gasteiger partial charge in [-0.05, 0) is 25.2 Å². The summed E-state index contributed by atoms with van der Waals surface area (Å²) in [7, 11) is -2.08. The van der Waals surface area contributed by atoms with Crippen LogP contribution < -0.4 is 4.72 Å². The van der Waals surface area contributed by atoms with Gasteiger partial charge in [0.05, 0.1) is 27.6 Å². The fraction of sp³-hybridized carbons (Fsp3) is 0.200. The first-order valence-electron chi connectivity index (χ1n) is 4.77. The predicted octanol–water partition coefficient (Wildman–Crippen LogP) is 1.27. The summed E-state index contributed by atoms with van der Waals surface area (Å²) in [5, 5.41) is 9.27. The number of fused-ring (bicyclic) bond motifs is 1. The molecule has 0 unspecified atom stereocenters. The lowest BCUT2D eigenvalue weighted by molar-refractivity contribution is 0.588. The summed E-state index contributed by atoms with van der Waals surface area (Å²) in [6, 6.07) is 6.77. The van der Waals surface area contributed by atoms with Gasteiger partial charge in [0, 0.05) is 0 Å². The van der Waals surface area contributed by atoms with Gasteiger partial charge < -0.3 is 0 Å². The average Bonchev–Trinajstić information content (AvgIpc) is 2.70. The Morgan fingerprint density at radius 1 is 1.53 bits per heavy atom. The lowest BCUT2D eigenvalue weighted by Gasteiger charge is -2.00. The fourth-order valence-electron chi connectivity index (χ4n) is 1.38. The highest BCUT2D eigenvalue weighted by Gasteiger charge is 2.13. The van der Waals surface area contributed by atoms with Crippen LogP contribution in [0.15, 0.2) is 23.1 Å². The van der Waals surface area contributed by atoms with Gasteiger partial charge in [-0.25, -0.2) is 18.1 Å². The Hall–Kier alpha value is -1.49. The van der Waals surface area contributed by atoms with Crippen LogP contribution >= 0.6 is 11.3 Å². The Labute approximate surface area is 103 Å². The number of thiazole rings is 1. The summed E-state index contributed by atoms with van der Waals surface area (Å²) < 4.78 is 26.3. The summed E-state index contributed by atoms with van der Waals surface area (Å²) in [4.78, 5) is 4.40. The molecular weight excluding hydrogens is 258 g/mol. The van der Waals surface area contributed by atoms with E-state index in [4.69, 9.17) is 5.26 Å². The van der Waals surface area contributed by atoms with Crippen molar-refractivity contribution < 1.29 is 8.42 Å². The first-order valence-corrected chi connectivity index (χ1v) is 7.07. The highest BCUT2D eigenvalue weighted by atomic mass is 32.2. The Balaban J connectivity index is 2.55. The van der Waals surface area contributed by atoms with Crippen molar-refractivity contribution in [1.82, 2.24) is 9.71 Å². The number of hydrogen-bond acceptors (Lipinski definition) is 5. The van der Waals surface area contributed by atoms with Gasteiger partial charge >= 0.3 is 0 Å². The van der Waals surface area contributed by atoms with Gasteiger partial charge in [-0.3, -0.25) is 0 Å². The Morgan fingerprint density at radius 3 is 2.94 bits per heavy atom. The van der Waals surface area contributed by atoms with Gasteiger partial charge in [0.15, 0.2) is 0 Å². The Bertz CT molecular complexity index is 698. The summed E-state index contributed by atoms with van der Waals surface area (Å²) in [6.45, 7) is 0. The van der Waals surface area contributed by atoms with E-state index in [1.807, 2.05) is 6.07 Å². The zero-order valence-electron chi connectivity index (χ0n) is 8.97. The molecule has 0 aliphatic carbocycles. The number of nitrogens with zero attached hydrogens (tertiary/aromatic N) is 2. The average molecular weight is 267 g/mol. The second-order valence-electron chi connectivity index (χ2n) is 3.28. The number of rotatable bonds is 3. The maximum Gasteiger partial charge on any atom is 0.240 e. The molecule has 2 aromatic rings. The summed E-state index contributed by atoms with van der Waals surface area (Å²) >= 11 is 1.40. The molecule has 0 aliphatic heterocycles. The Kier molecular flexibility index (Phi) is 3.11. The number of benzene rings is 1. The van der Waals surface area contributed by atoms with E-state index in [1.54, 1.807) is 6.07 Å². The molecule has 1 aromatic carbocycles. The van der Waals surface area contributed by atoms with E-state index >= 15 is 0 Å². The minimum absolute atomic E-state index is 0.182. The monoisotopic (exact) mass is 267 g/mol. The van der Waals surface area contributed by atoms with E-state index in [2.05, 4.69) is 9.71 Å². The quantitative estimate of drug-likeness (QED) is 0.907. The fourth-order valence-corrected chi connectivity index (χ4v) is 3.01. The SMILES string of the molecule is CNS(=O)(=O)c1ccc2sc(CC#N)nc2c1. The minimum Gasteiger partial charge on any atom is -0.240 e. The van der Waals surface area contributed by atoms with E-state index < -0.39 is 10.0 Å². The van der Waals surface area contributed by atoms with Gasteiger partial charge in [0.2, 0.25) is 10.0 Å². The van der Waals surface area contributed by atoms with Crippen LogP contribution in [0.25, 0.3) is 10.2 Å². The normalized spacial score (nSPS) is 11.5. The third-order valence-electron chi connectivity index (χ3n) is 2.21. The molecule has 0 saturated carbocycles. The van der Waals surface area contributed by atoms with Crippen LogP contribution in [0.3, 0.4) is 0 Å². The number of sulfonamides is 1. The van der Waals surface area contributed by atoms with Crippen molar-refractivity contribution >= 4 is 31.6 Å². The standard InChI is InChI=1S/C10H9N3O2S2/c1-12-17(14,15)7-2-3-9-8(6-7)13-10(16-9)4-5-11/h2-3,6,12H,4H2,1H3. The van der Waals surface area contributed by atoms with Gasteiger partial charge in [-0.1, -0.05) is 0 Å². The largest absolute Gasteiger partial charge is 0.240 e. The molecular formula is C10H9N3O2S2. The highest BCUT2D eigenvalue weighted by molar-refractivity contribution is 7.89. The van der Waals surface area contributed by atoms with Crippen molar-refractivity contribution in [2.45, 2.75) is 11.3 Å². The zero-order chi connectivity index (χ0) is 12.5. The molecule has 0 spiro atoms. The van der Waals surface area contributed by atoms with Crippen LogP contribution in [0.4, 0.5) is 0 Å². The van der Waals surface area contributed by atoms with Crippen molar-refractivity contribution in [2.24, 2.45) is 0 Å². The summed E-state index contributed by atoms with van der Waals surface area (Å²) in [5.41, 5.74) is 0.608. The Morgan fingerprint density at radius 2 is 2.29 bits per heavy atom. The zero-order valence-corrected chi connectivity index (χ0v) is 10.6. The summed E-state index contributed by atoms with van der Waals surface area (Å²) in [5.74, 6) is 0. The van der Waals surface area contributed by atoms with Crippen molar-refractivity contribution in [3.05, 3.63) is 23.2 Å². The number of nitrogens with one attached hydrogen (secondary N) is 1. The molecule has 2 rings (SSSR count). The third-order valence-corrected chi connectivity index (χ3v) is 4.66. The molecule has 7 heteroatoms. The third kappa shape index (κ3) is 2.29. The van der Waals surface area contributed by atoms with Crippen LogP contribution in [0.5, 0.6) is 0 Å². The maximum absolute atomic E-state index is 11.6. The molecule has 17 heavy (non-hydrogen) atoms. The molecule has 5 nitrogen and oxygen atoms in total. The lowest BCUT2D eigenvalue weighted by Crippen LogP contribution is -2.18. The molecule has 1 heterocycles. The molecule has 0 aliphatic rings. The molecule has 0 radical (unpaired) electrons. The number of hydrogen-bond donors (Lipinski definition) is 1. The van der Waals surface area contributed by atoms with Crippen LogP contribution in [-0.4, -0.2) is 20.4 Å². The van der Waals surface area contributed by atoms with Gasteiger partial charge in [0.1, 0.15) is 5.01 Å². The first kappa shape index (κ1) is 12.0. The van der Waals surface area contributed by atoms with E-state index in [1.165, 1.54) is 30.5 Å². The predicted molar refractivity (Wildman–Crippen MR) is 65.2 cm³/mol. The van der Waals surface area contributed by atoms with E-state index in [9.17, 15) is 8.42 Å². The van der Waals surface area contributed by atoms with Crippen molar-refractivity contribution in [3.63, 3.8) is 0 Å². The molecule has 1 N–H and O–H groups in total. The molecule has 0 saturated heterocycles. The van der Waals surface area contributed by atoms with Gasteiger partial charge in [-0.15, -0.1) is 11.3 Å². The van der Waals surface area contributed by atoms with Gasteiger partial charge in [0.25, 0.3) is 0 Å². The van der Waals surface area contributed by atoms with E-state index in [0.29, 0.717) is 10.5 Å². The van der Waals surface area contributed by atoms with Crippen molar-refractivity contribution in [2.75, 3.05) is 7.05 Å². The van der Waals surface area contributed by atoms with E-state index in [-0.39, 0.29) is 11.3 Å². The molecule has 0 atom stereocenters.